The number of aliphatic hydroxyl groups is 1. The topological polar surface area (TPSA) is 87.4 Å². The summed E-state index contributed by atoms with van der Waals surface area (Å²) in [5.41, 5.74) is 2.25. The zero-order valence-electron chi connectivity index (χ0n) is 13.0. The molecule has 0 aliphatic carbocycles. The van der Waals surface area contributed by atoms with E-state index in [2.05, 4.69) is 15.6 Å². The number of nitrogens with zero attached hydrogens (tertiary/aromatic N) is 1. The van der Waals surface area contributed by atoms with Crippen LogP contribution in [0.25, 0.3) is 11.5 Å². The SMILES string of the molecule is Cc1coc(-c2cccc(NC(=O)NC(C)C(C)CO)c2)n1. The molecule has 0 fully saturated rings. The van der Waals surface area contributed by atoms with Crippen LogP contribution in [0.4, 0.5) is 10.5 Å². The molecule has 6 nitrogen and oxygen atoms in total. The van der Waals surface area contributed by atoms with Crippen molar-refractivity contribution in [1.82, 2.24) is 10.3 Å². The molecule has 0 saturated heterocycles. The maximum atomic E-state index is 12.0. The molecule has 22 heavy (non-hydrogen) atoms. The highest BCUT2D eigenvalue weighted by Crippen LogP contribution is 2.21. The van der Waals surface area contributed by atoms with E-state index >= 15 is 0 Å². The number of hydrogen-bond donors (Lipinski definition) is 3. The first kappa shape index (κ1) is 16.0. The number of benzene rings is 1. The first-order valence-electron chi connectivity index (χ1n) is 7.20. The Morgan fingerprint density at radius 3 is 2.82 bits per heavy atom. The smallest absolute Gasteiger partial charge is 0.319 e. The van der Waals surface area contributed by atoms with Gasteiger partial charge in [0.2, 0.25) is 5.89 Å². The molecule has 2 atom stereocenters. The highest BCUT2D eigenvalue weighted by molar-refractivity contribution is 5.90. The summed E-state index contributed by atoms with van der Waals surface area (Å²) in [4.78, 5) is 16.2. The van der Waals surface area contributed by atoms with Crippen LogP contribution in [0.3, 0.4) is 0 Å². The van der Waals surface area contributed by atoms with Crippen molar-refractivity contribution in [1.29, 1.82) is 0 Å². The summed E-state index contributed by atoms with van der Waals surface area (Å²) < 4.78 is 5.35. The van der Waals surface area contributed by atoms with Gasteiger partial charge in [-0.3, -0.25) is 0 Å². The van der Waals surface area contributed by atoms with Crippen molar-refractivity contribution in [3.63, 3.8) is 0 Å². The third-order valence-electron chi connectivity index (χ3n) is 3.49. The Morgan fingerprint density at radius 1 is 1.41 bits per heavy atom. The Kier molecular flexibility index (Phi) is 5.16. The van der Waals surface area contributed by atoms with E-state index in [1.54, 1.807) is 18.4 Å². The van der Waals surface area contributed by atoms with Gasteiger partial charge in [0.1, 0.15) is 6.26 Å². The Balaban J connectivity index is 2.03. The van der Waals surface area contributed by atoms with Gasteiger partial charge in [-0.15, -0.1) is 0 Å². The van der Waals surface area contributed by atoms with E-state index in [-0.39, 0.29) is 24.6 Å². The predicted molar refractivity (Wildman–Crippen MR) is 84.5 cm³/mol. The number of oxazole rings is 1. The normalized spacial score (nSPS) is 13.5. The van der Waals surface area contributed by atoms with E-state index in [9.17, 15) is 4.79 Å². The molecule has 6 heteroatoms. The minimum absolute atomic E-state index is 0.00706. The number of aryl methyl sites for hydroxylation is 1. The Hall–Kier alpha value is -2.34. The van der Waals surface area contributed by atoms with Gasteiger partial charge in [-0.25, -0.2) is 9.78 Å². The van der Waals surface area contributed by atoms with Gasteiger partial charge in [-0.2, -0.15) is 0 Å². The minimum atomic E-state index is -0.312. The molecule has 0 bridgehead atoms. The lowest BCUT2D eigenvalue weighted by Crippen LogP contribution is -2.40. The summed E-state index contributed by atoms with van der Waals surface area (Å²) in [6.45, 7) is 5.61. The van der Waals surface area contributed by atoms with Gasteiger partial charge in [0.05, 0.1) is 5.69 Å². The highest BCUT2D eigenvalue weighted by atomic mass is 16.3. The second kappa shape index (κ2) is 7.09. The van der Waals surface area contributed by atoms with Crippen LogP contribution in [0.2, 0.25) is 0 Å². The number of aliphatic hydroxyl groups excluding tert-OH is 1. The van der Waals surface area contributed by atoms with Crippen LogP contribution in [0.1, 0.15) is 19.5 Å². The summed E-state index contributed by atoms with van der Waals surface area (Å²) in [7, 11) is 0. The molecule has 1 heterocycles. The maximum Gasteiger partial charge on any atom is 0.319 e. The molecule has 3 N–H and O–H groups in total. The minimum Gasteiger partial charge on any atom is -0.444 e. The van der Waals surface area contributed by atoms with Crippen LogP contribution >= 0.6 is 0 Å². The molecule has 1 aromatic heterocycles. The fourth-order valence-electron chi connectivity index (χ4n) is 1.89. The number of nitrogens with one attached hydrogen (secondary N) is 2. The molecule has 0 radical (unpaired) electrons. The van der Waals surface area contributed by atoms with Crippen LogP contribution in [0.5, 0.6) is 0 Å². The summed E-state index contributed by atoms with van der Waals surface area (Å²) in [5.74, 6) is 0.510. The molecule has 2 rings (SSSR count). The van der Waals surface area contributed by atoms with Gasteiger partial charge >= 0.3 is 6.03 Å². The Morgan fingerprint density at radius 2 is 2.18 bits per heavy atom. The van der Waals surface area contributed by atoms with Crippen molar-refractivity contribution in [2.45, 2.75) is 26.8 Å². The predicted octanol–water partition coefficient (Wildman–Crippen LogP) is 2.79. The number of carbonyl (C=O) groups excluding carboxylic acids is 1. The number of aromatic nitrogens is 1. The third kappa shape index (κ3) is 4.08. The van der Waals surface area contributed by atoms with E-state index in [0.29, 0.717) is 11.6 Å². The average molecular weight is 303 g/mol. The molecular weight excluding hydrogens is 282 g/mol. The van der Waals surface area contributed by atoms with Crippen molar-refractivity contribution in [2.24, 2.45) is 5.92 Å². The van der Waals surface area contributed by atoms with Crippen molar-refractivity contribution < 1.29 is 14.3 Å². The van der Waals surface area contributed by atoms with Crippen LogP contribution in [0.15, 0.2) is 34.9 Å². The van der Waals surface area contributed by atoms with Gasteiger partial charge in [0.15, 0.2) is 0 Å². The van der Waals surface area contributed by atoms with Crippen molar-refractivity contribution in [2.75, 3.05) is 11.9 Å². The molecule has 1 aromatic carbocycles. The molecule has 0 aliphatic rings. The fourth-order valence-corrected chi connectivity index (χ4v) is 1.89. The van der Waals surface area contributed by atoms with E-state index < -0.39 is 0 Å². The molecule has 2 amide bonds. The average Bonchev–Trinajstić information content (AvgIpc) is 2.93. The zero-order chi connectivity index (χ0) is 16.1. The second-order valence-corrected chi connectivity index (χ2v) is 5.42. The van der Waals surface area contributed by atoms with E-state index in [1.807, 2.05) is 32.9 Å². The lowest BCUT2D eigenvalue weighted by molar-refractivity contribution is 0.204. The number of hydrogen-bond acceptors (Lipinski definition) is 4. The van der Waals surface area contributed by atoms with E-state index in [0.717, 1.165) is 11.3 Å². The molecule has 118 valence electrons. The highest BCUT2D eigenvalue weighted by Gasteiger charge is 2.14. The zero-order valence-corrected chi connectivity index (χ0v) is 13.0. The Bertz CT molecular complexity index is 639. The largest absolute Gasteiger partial charge is 0.444 e. The third-order valence-corrected chi connectivity index (χ3v) is 3.49. The van der Waals surface area contributed by atoms with Crippen LogP contribution in [-0.4, -0.2) is 28.8 Å². The summed E-state index contributed by atoms with van der Waals surface area (Å²) in [6.07, 6.45) is 1.58. The van der Waals surface area contributed by atoms with Gasteiger partial charge in [-0.05, 0) is 38.0 Å². The molecule has 0 spiro atoms. The lowest BCUT2D eigenvalue weighted by atomic mass is 10.1. The maximum absolute atomic E-state index is 12.0. The van der Waals surface area contributed by atoms with E-state index in [1.165, 1.54) is 0 Å². The quantitative estimate of drug-likeness (QED) is 0.792. The van der Waals surface area contributed by atoms with Crippen LogP contribution < -0.4 is 10.6 Å². The standard InChI is InChI=1S/C16H21N3O3/c1-10(8-20)12(3)18-16(21)19-14-6-4-5-13(7-14)15-17-11(2)9-22-15/h4-7,9-10,12,20H,8H2,1-3H3,(H2,18,19,21). The Labute approximate surface area is 129 Å². The number of amides is 2. The first-order chi connectivity index (χ1) is 10.5. The van der Waals surface area contributed by atoms with Gasteiger partial charge in [0.25, 0.3) is 0 Å². The van der Waals surface area contributed by atoms with Crippen molar-refractivity contribution in [3.8, 4) is 11.5 Å². The number of urea groups is 1. The van der Waals surface area contributed by atoms with Gasteiger partial charge in [0, 0.05) is 23.9 Å². The summed E-state index contributed by atoms with van der Waals surface area (Å²) in [6, 6.07) is 6.84. The lowest BCUT2D eigenvalue weighted by Gasteiger charge is -2.19. The van der Waals surface area contributed by atoms with Gasteiger partial charge < -0.3 is 20.2 Å². The second-order valence-electron chi connectivity index (χ2n) is 5.42. The van der Waals surface area contributed by atoms with Crippen LogP contribution in [-0.2, 0) is 0 Å². The summed E-state index contributed by atoms with van der Waals surface area (Å²) in [5, 5.41) is 14.6. The van der Waals surface area contributed by atoms with Crippen molar-refractivity contribution in [3.05, 3.63) is 36.2 Å². The number of anilines is 1. The first-order valence-corrected chi connectivity index (χ1v) is 7.20. The molecule has 0 aliphatic heterocycles. The number of rotatable bonds is 5. The molecule has 2 unspecified atom stereocenters. The van der Waals surface area contributed by atoms with Crippen molar-refractivity contribution >= 4 is 11.7 Å². The fraction of sp³-hybridized carbons (Fsp3) is 0.375. The monoisotopic (exact) mass is 303 g/mol. The van der Waals surface area contributed by atoms with Crippen LogP contribution in [0, 0.1) is 12.8 Å². The van der Waals surface area contributed by atoms with E-state index in [4.69, 9.17) is 9.52 Å². The van der Waals surface area contributed by atoms with Gasteiger partial charge in [-0.1, -0.05) is 13.0 Å². The molecule has 2 aromatic rings. The molecule has 0 saturated carbocycles. The summed E-state index contributed by atoms with van der Waals surface area (Å²) >= 11 is 0. The molecular formula is C16H21N3O3. The number of carbonyl (C=O) groups is 1.